The summed E-state index contributed by atoms with van der Waals surface area (Å²) < 4.78 is 0. The number of hydrogen-bond donors (Lipinski definition) is 3. The number of anilines is 1. The molecule has 0 unspecified atom stereocenters. The number of aromatic nitrogens is 5. The summed E-state index contributed by atoms with van der Waals surface area (Å²) >= 11 is 0. The smallest absolute Gasteiger partial charge is 0.296 e. The first-order valence-corrected chi connectivity index (χ1v) is 5.20. The van der Waals surface area contributed by atoms with Crippen LogP contribution in [0, 0.1) is 0 Å². The summed E-state index contributed by atoms with van der Waals surface area (Å²) in [5.41, 5.74) is -0.167. The first-order chi connectivity index (χ1) is 7.97. The number of hydrogen-bond acceptors (Lipinski definition) is 4. The van der Waals surface area contributed by atoms with E-state index >= 15 is 0 Å². The molecule has 0 aliphatic heterocycles. The number of rotatable bonds is 2. The van der Waals surface area contributed by atoms with E-state index < -0.39 is 0 Å². The molecule has 1 amide bonds. The van der Waals surface area contributed by atoms with Gasteiger partial charge in [-0.2, -0.15) is 5.10 Å². The fourth-order valence-electron chi connectivity index (χ4n) is 1.20. The highest BCUT2D eigenvalue weighted by Crippen LogP contribution is 2.17. The van der Waals surface area contributed by atoms with Crippen LogP contribution in [0.2, 0.25) is 0 Å². The number of carbonyl (C=O) groups excluding carboxylic acids is 1. The van der Waals surface area contributed by atoms with Crippen LogP contribution in [-0.4, -0.2) is 31.3 Å². The second kappa shape index (κ2) is 4.00. The van der Waals surface area contributed by atoms with E-state index in [0.717, 1.165) is 0 Å². The van der Waals surface area contributed by atoms with Crippen LogP contribution < -0.4 is 5.32 Å². The van der Waals surface area contributed by atoms with Crippen molar-refractivity contribution in [3.8, 4) is 0 Å². The molecule has 3 N–H and O–H groups in total. The SMILES string of the molecule is CC(C)(C)c1nc(C(=O)Nc2ccn[nH]2)n[nH]1. The van der Waals surface area contributed by atoms with Gasteiger partial charge in [-0.15, -0.1) is 5.10 Å². The van der Waals surface area contributed by atoms with Crippen molar-refractivity contribution < 1.29 is 4.79 Å². The van der Waals surface area contributed by atoms with E-state index in [1.165, 1.54) is 0 Å². The molecule has 2 aromatic rings. The van der Waals surface area contributed by atoms with Gasteiger partial charge < -0.3 is 5.32 Å². The Balaban J connectivity index is 2.13. The van der Waals surface area contributed by atoms with Crippen LogP contribution in [0.3, 0.4) is 0 Å². The lowest BCUT2D eigenvalue weighted by atomic mass is 9.96. The van der Waals surface area contributed by atoms with Crippen LogP contribution in [0.25, 0.3) is 0 Å². The van der Waals surface area contributed by atoms with Gasteiger partial charge in [0.05, 0.1) is 6.20 Å². The fourth-order valence-corrected chi connectivity index (χ4v) is 1.20. The summed E-state index contributed by atoms with van der Waals surface area (Å²) in [5.74, 6) is 0.926. The molecule has 0 aliphatic carbocycles. The second-order valence-electron chi connectivity index (χ2n) is 4.68. The van der Waals surface area contributed by atoms with Gasteiger partial charge in [-0.3, -0.25) is 15.0 Å². The minimum atomic E-state index is -0.374. The molecule has 2 heterocycles. The molecule has 7 heteroatoms. The Labute approximate surface area is 98.0 Å². The molecule has 0 radical (unpaired) electrons. The van der Waals surface area contributed by atoms with Crippen molar-refractivity contribution in [3.05, 3.63) is 23.9 Å². The normalized spacial score (nSPS) is 11.5. The Morgan fingerprint density at radius 3 is 2.65 bits per heavy atom. The zero-order valence-electron chi connectivity index (χ0n) is 9.90. The molecule has 7 nitrogen and oxygen atoms in total. The Bertz CT molecular complexity index is 507. The molecule has 0 spiro atoms. The molecule has 0 fully saturated rings. The van der Waals surface area contributed by atoms with Gasteiger partial charge >= 0.3 is 0 Å². The van der Waals surface area contributed by atoms with E-state index in [2.05, 4.69) is 30.7 Å². The zero-order chi connectivity index (χ0) is 12.5. The summed E-state index contributed by atoms with van der Waals surface area (Å²) in [7, 11) is 0. The van der Waals surface area contributed by atoms with Gasteiger partial charge in [-0.05, 0) is 0 Å². The number of amides is 1. The van der Waals surface area contributed by atoms with Crippen LogP contribution in [0.4, 0.5) is 5.82 Å². The monoisotopic (exact) mass is 234 g/mol. The average Bonchev–Trinajstić information content (AvgIpc) is 2.85. The predicted octanol–water partition coefficient (Wildman–Crippen LogP) is 1.08. The number of nitrogens with zero attached hydrogens (tertiary/aromatic N) is 3. The molecular formula is C10H14N6O. The highest BCUT2D eigenvalue weighted by molar-refractivity contribution is 6.00. The van der Waals surface area contributed by atoms with Crippen molar-refractivity contribution in [1.82, 2.24) is 25.4 Å². The first-order valence-electron chi connectivity index (χ1n) is 5.20. The minimum absolute atomic E-state index is 0.115. The summed E-state index contributed by atoms with van der Waals surface area (Å²) in [6.45, 7) is 5.97. The average molecular weight is 234 g/mol. The van der Waals surface area contributed by atoms with E-state index in [0.29, 0.717) is 11.6 Å². The fraction of sp³-hybridized carbons (Fsp3) is 0.400. The third kappa shape index (κ3) is 2.49. The summed E-state index contributed by atoms with van der Waals surface area (Å²) in [5, 5.41) is 15.6. The van der Waals surface area contributed by atoms with E-state index in [9.17, 15) is 4.79 Å². The van der Waals surface area contributed by atoms with E-state index in [1.807, 2.05) is 20.8 Å². The van der Waals surface area contributed by atoms with Gasteiger partial charge in [0.25, 0.3) is 5.91 Å². The molecule has 0 aliphatic rings. The summed E-state index contributed by atoms with van der Waals surface area (Å²) in [6.07, 6.45) is 1.55. The summed E-state index contributed by atoms with van der Waals surface area (Å²) in [4.78, 5) is 15.9. The van der Waals surface area contributed by atoms with E-state index in [-0.39, 0.29) is 17.1 Å². The molecule has 17 heavy (non-hydrogen) atoms. The molecule has 90 valence electrons. The molecule has 0 saturated carbocycles. The number of nitrogens with one attached hydrogen (secondary N) is 3. The van der Waals surface area contributed by atoms with Gasteiger partial charge in [0.2, 0.25) is 5.82 Å². The van der Waals surface area contributed by atoms with Crippen molar-refractivity contribution in [2.45, 2.75) is 26.2 Å². The van der Waals surface area contributed by atoms with Crippen molar-refractivity contribution in [2.24, 2.45) is 0 Å². The van der Waals surface area contributed by atoms with Crippen LogP contribution >= 0.6 is 0 Å². The van der Waals surface area contributed by atoms with E-state index in [1.54, 1.807) is 12.3 Å². The number of carbonyl (C=O) groups is 1. The number of H-pyrrole nitrogens is 2. The highest BCUT2D eigenvalue weighted by atomic mass is 16.2. The maximum absolute atomic E-state index is 11.7. The molecule has 0 atom stereocenters. The second-order valence-corrected chi connectivity index (χ2v) is 4.68. The van der Waals surface area contributed by atoms with Crippen LogP contribution in [0.15, 0.2) is 12.3 Å². The Hall–Kier alpha value is -2.18. The molecule has 2 aromatic heterocycles. The topological polar surface area (TPSA) is 99.3 Å². The predicted molar refractivity (Wildman–Crippen MR) is 61.6 cm³/mol. The Kier molecular flexibility index (Phi) is 2.66. The number of aromatic amines is 2. The molecule has 0 aromatic carbocycles. The first kappa shape index (κ1) is 11.3. The highest BCUT2D eigenvalue weighted by Gasteiger charge is 2.21. The van der Waals surface area contributed by atoms with Crippen molar-refractivity contribution in [2.75, 3.05) is 5.32 Å². The van der Waals surface area contributed by atoms with Gasteiger partial charge in [0, 0.05) is 11.5 Å². The van der Waals surface area contributed by atoms with Crippen molar-refractivity contribution in [1.29, 1.82) is 0 Å². The lowest BCUT2D eigenvalue weighted by Crippen LogP contribution is -2.16. The zero-order valence-corrected chi connectivity index (χ0v) is 9.90. The van der Waals surface area contributed by atoms with Crippen LogP contribution in [0.1, 0.15) is 37.2 Å². The van der Waals surface area contributed by atoms with Gasteiger partial charge in [-0.25, -0.2) is 4.98 Å². The maximum Gasteiger partial charge on any atom is 0.296 e. The molecular weight excluding hydrogens is 220 g/mol. The van der Waals surface area contributed by atoms with Gasteiger partial charge in [-0.1, -0.05) is 20.8 Å². The minimum Gasteiger partial charge on any atom is -0.304 e. The van der Waals surface area contributed by atoms with E-state index in [4.69, 9.17) is 0 Å². The maximum atomic E-state index is 11.7. The third-order valence-electron chi connectivity index (χ3n) is 2.15. The Morgan fingerprint density at radius 1 is 1.35 bits per heavy atom. The largest absolute Gasteiger partial charge is 0.304 e. The Morgan fingerprint density at radius 2 is 2.12 bits per heavy atom. The molecule has 0 bridgehead atoms. The van der Waals surface area contributed by atoms with Crippen molar-refractivity contribution >= 4 is 11.7 Å². The lowest BCUT2D eigenvalue weighted by Gasteiger charge is -2.12. The van der Waals surface area contributed by atoms with Gasteiger partial charge in [0.15, 0.2) is 0 Å². The van der Waals surface area contributed by atoms with Crippen LogP contribution in [0.5, 0.6) is 0 Å². The third-order valence-corrected chi connectivity index (χ3v) is 2.15. The lowest BCUT2D eigenvalue weighted by molar-refractivity contribution is 0.101. The van der Waals surface area contributed by atoms with Crippen molar-refractivity contribution in [3.63, 3.8) is 0 Å². The van der Waals surface area contributed by atoms with Crippen LogP contribution in [-0.2, 0) is 5.41 Å². The molecule has 2 rings (SSSR count). The standard InChI is InChI=1S/C10H14N6O/c1-10(2,3)9-13-7(15-16-9)8(17)12-6-4-5-11-14-6/h4-5H,1-3H3,(H,13,15,16)(H2,11,12,14,17). The molecule has 0 saturated heterocycles. The van der Waals surface area contributed by atoms with Gasteiger partial charge in [0.1, 0.15) is 11.6 Å². The quantitative estimate of drug-likeness (QED) is 0.723. The summed E-state index contributed by atoms with van der Waals surface area (Å²) in [6, 6.07) is 1.65.